The second kappa shape index (κ2) is 11.2. The molecule has 0 saturated heterocycles. The number of nitrogens with two attached hydrogens (primary N) is 1. The molecular formula is C25H29N9O4. The van der Waals surface area contributed by atoms with Crippen LogP contribution in [0.5, 0.6) is 0 Å². The fourth-order valence-corrected chi connectivity index (χ4v) is 4.53. The van der Waals surface area contributed by atoms with Gasteiger partial charge < -0.3 is 15.7 Å². The predicted molar refractivity (Wildman–Crippen MR) is 138 cm³/mol. The lowest BCUT2D eigenvalue weighted by atomic mass is 10.0. The number of rotatable bonds is 11. The van der Waals surface area contributed by atoms with E-state index >= 15 is 0 Å². The van der Waals surface area contributed by atoms with E-state index in [0.29, 0.717) is 48.3 Å². The highest BCUT2D eigenvalue weighted by Crippen LogP contribution is 2.28. The number of carboxylic acids is 1. The normalized spacial score (nSPS) is 12.0. The molecule has 0 aliphatic carbocycles. The highest BCUT2D eigenvalue weighted by Gasteiger charge is 2.27. The molecule has 4 N–H and O–H groups in total. The molecule has 0 bridgehead atoms. The lowest BCUT2D eigenvalue weighted by molar-refractivity contribution is 0.0648. The van der Waals surface area contributed by atoms with Crippen molar-refractivity contribution >= 4 is 29.1 Å². The molecule has 4 aromatic heterocycles. The largest absolute Gasteiger partial charge is 0.477 e. The van der Waals surface area contributed by atoms with Crippen LogP contribution in [-0.2, 0) is 6.42 Å². The molecule has 0 aliphatic heterocycles. The number of carbonyl (C=O) groups excluding carboxylic acids is 2. The van der Waals surface area contributed by atoms with E-state index in [9.17, 15) is 14.4 Å². The average molecular weight is 520 g/mol. The van der Waals surface area contributed by atoms with Gasteiger partial charge in [0.25, 0.3) is 5.91 Å². The van der Waals surface area contributed by atoms with Crippen molar-refractivity contribution in [2.24, 2.45) is 0 Å². The van der Waals surface area contributed by atoms with Crippen LogP contribution in [0.15, 0.2) is 30.9 Å². The van der Waals surface area contributed by atoms with Crippen LogP contribution in [0.25, 0.3) is 16.8 Å². The summed E-state index contributed by atoms with van der Waals surface area (Å²) in [5, 5.41) is 19.9. The summed E-state index contributed by atoms with van der Waals surface area (Å²) in [4.78, 5) is 51.4. The number of nitrogens with one attached hydrogen (secondary N) is 1. The number of amides is 1. The Morgan fingerprint density at radius 3 is 2.55 bits per heavy atom. The minimum absolute atomic E-state index is 0.0839. The van der Waals surface area contributed by atoms with Gasteiger partial charge in [-0.05, 0) is 38.7 Å². The summed E-state index contributed by atoms with van der Waals surface area (Å²) in [6, 6.07) is 2.88. The molecule has 4 rings (SSSR count). The summed E-state index contributed by atoms with van der Waals surface area (Å²) in [6.45, 7) is 5.96. The maximum Gasteiger partial charge on any atom is 0.354 e. The summed E-state index contributed by atoms with van der Waals surface area (Å²) in [6.07, 6.45) is 6.66. The molecule has 4 aromatic rings. The van der Waals surface area contributed by atoms with Gasteiger partial charge in [-0.15, -0.1) is 0 Å². The number of nitrogen functional groups attached to an aromatic ring is 1. The quantitative estimate of drug-likeness (QED) is 0.249. The number of carbonyl (C=O) groups is 3. The molecular weight excluding hydrogens is 490 g/mol. The van der Waals surface area contributed by atoms with Crippen LogP contribution in [0, 0.1) is 0 Å². The van der Waals surface area contributed by atoms with Gasteiger partial charge >= 0.3 is 5.97 Å². The van der Waals surface area contributed by atoms with Gasteiger partial charge in [-0.3, -0.25) is 14.7 Å². The van der Waals surface area contributed by atoms with Crippen LogP contribution in [0.2, 0.25) is 0 Å². The topological polar surface area (TPSA) is 185 Å². The fraction of sp³-hybridized carbons (Fsp3) is 0.360. The molecule has 0 spiro atoms. The van der Waals surface area contributed by atoms with Crippen molar-refractivity contribution in [2.45, 2.75) is 52.5 Å². The van der Waals surface area contributed by atoms with Gasteiger partial charge in [0.05, 0.1) is 17.5 Å². The zero-order valence-corrected chi connectivity index (χ0v) is 21.4. The molecule has 4 heterocycles. The zero-order valence-electron chi connectivity index (χ0n) is 21.4. The van der Waals surface area contributed by atoms with Gasteiger partial charge in [-0.25, -0.2) is 19.7 Å². The Kier molecular flexibility index (Phi) is 7.74. The Bertz CT molecular complexity index is 1460. The Labute approximate surface area is 218 Å². The Balaban J connectivity index is 1.70. The SMILES string of the molecule is CCCN(C(=O)c1ncn[nH]1)[C@H](CC)CCc1nc2c(-c3ccc(C(=O)O)nc3)cnn2c(N)c1C(C)=O. The third-order valence-corrected chi connectivity index (χ3v) is 6.37. The standard InChI is InChI=1S/C25H29N9O4/c1-4-10-33(24(36)22-28-13-29-32-22)16(5-2)7-9-18-20(14(3)35)21(26)34-23(31-18)17(12-30-34)15-6-8-19(25(37)38)27-11-15/h6,8,11-13,16H,4-5,7,9-10,26H2,1-3H3,(H,37,38)(H,28,29,32)/t16-/m1/s1. The van der Waals surface area contributed by atoms with Crippen molar-refractivity contribution in [3.05, 3.63) is 53.6 Å². The number of H-pyrrole nitrogens is 1. The Morgan fingerprint density at radius 2 is 1.97 bits per heavy atom. The van der Waals surface area contributed by atoms with E-state index in [4.69, 9.17) is 15.8 Å². The highest BCUT2D eigenvalue weighted by molar-refractivity contribution is 6.00. The molecule has 1 amide bonds. The minimum Gasteiger partial charge on any atom is -0.477 e. The Morgan fingerprint density at radius 1 is 1.18 bits per heavy atom. The molecule has 0 unspecified atom stereocenters. The molecule has 0 fully saturated rings. The molecule has 38 heavy (non-hydrogen) atoms. The first-order chi connectivity index (χ1) is 18.3. The maximum absolute atomic E-state index is 13.1. The summed E-state index contributed by atoms with van der Waals surface area (Å²) in [5.41, 5.74) is 8.72. The molecule has 0 radical (unpaired) electrons. The fourth-order valence-electron chi connectivity index (χ4n) is 4.53. The molecule has 198 valence electrons. The van der Waals surface area contributed by atoms with Gasteiger partial charge in [0.1, 0.15) is 17.8 Å². The van der Waals surface area contributed by atoms with E-state index in [2.05, 4.69) is 25.3 Å². The number of aromatic nitrogens is 7. The number of aryl methyl sites for hydroxylation is 1. The van der Waals surface area contributed by atoms with E-state index in [1.54, 1.807) is 17.2 Å². The number of aromatic amines is 1. The van der Waals surface area contributed by atoms with Gasteiger partial charge in [-0.2, -0.15) is 14.7 Å². The summed E-state index contributed by atoms with van der Waals surface area (Å²) < 4.78 is 1.40. The van der Waals surface area contributed by atoms with E-state index in [0.717, 1.165) is 6.42 Å². The lowest BCUT2D eigenvalue weighted by Gasteiger charge is -2.30. The Hall–Kier alpha value is -4.68. The molecule has 0 saturated carbocycles. The number of nitrogens with zero attached hydrogens (tertiary/aromatic N) is 7. The van der Waals surface area contributed by atoms with E-state index in [1.807, 2.05) is 13.8 Å². The van der Waals surface area contributed by atoms with Crippen LogP contribution in [0.4, 0.5) is 5.82 Å². The second-order valence-electron chi connectivity index (χ2n) is 8.84. The highest BCUT2D eigenvalue weighted by atomic mass is 16.4. The molecule has 0 aromatic carbocycles. The third-order valence-electron chi connectivity index (χ3n) is 6.37. The first-order valence-electron chi connectivity index (χ1n) is 12.3. The predicted octanol–water partition coefficient (Wildman–Crippen LogP) is 2.66. The van der Waals surface area contributed by atoms with Gasteiger partial charge in [0, 0.05) is 29.9 Å². The van der Waals surface area contributed by atoms with Gasteiger partial charge in [0.2, 0.25) is 5.82 Å². The van der Waals surface area contributed by atoms with Crippen LogP contribution in [0.1, 0.15) is 77.2 Å². The van der Waals surface area contributed by atoms with Crippen LogP contribution in [0.3, 0.4) is 0 Å². The number of Topliss-reactive ketones (excluding diaryl/α,β-unsaturated/α-hetero) is 1. The third kappa shape index (κ3) is 5.08. The zero-order chi connectivity index (χ0) is 27.4. The number of hydrogen-bond donors (Lipinski definition) is 3. The van der Waals surface area contributed by atoms with E-state index in [-0.39, 0.29) is 40.6 Å². The van der Waals surface area contributed by atoms with Gasteiger partial charge in [-0.1, -0.05) is 19.9 Å². The van der Waals surface area contributed by atoms with Crippen LogP contribution in [-0.4, -0.2) is 75.0 Å². The number of hydrogen-bond acceptors (Lipinski definition) is 9. The van der Waals surface area contributed by atoms with Crippen LogP contribution < -0.4 is 5.73 Å². The molecule has 0 aliphatic rings. The number of pyridine rings is 1. The smallest absolute Gasteiger partial charge is 0.354 e. The van der Waals surface area contributed by atoms with Gasteiger partial charge in [0.15, 0.2) is 11.4 Å². The maximum atomic E-state index is 13.1. The number of fused-ring (bicyclic) bond motifs is 1. The summed E-state index contributed by atoms with van der Waals surface area (Å²) in [7, 11) is 0. The average Bonchev–Trinajstić information content (AvgIpc) is 3.58. The van der Waals surface area contributed by atoms with E-state index in [1.165, 1.54) is 30.0 Å². The van der Waals surface area contributed by atoms with Crippen molar-refractivity contribution in [1.29, 1.82) is 0 Å². The number of ketones is 1. The van der Waals surface area contributed by atoms with Crippen molar-refractivity contribution in [3.8, 4) is 11.1 Å². The number of carboxylic acid groups (broad SMARTS) is 1. The summed E-state index contributed by atoms with van der Waals surface area (Å²) >= 11 is 0. The summed E-state index contributed by atoms with van der Waals surface area (Å²) in [5.74, 6) is -1.27. The minimum atomic E-state index is -1.13. The van der Waals surface area contributed by atoms with Crippen molar-refractivity contribution < 1.29 is 19.5 Å². The molecule has 1 atom stereocenters. The lowest BCUT2D eigenvalue weighted by Crippen LogP contribution is -2.41. The first kappa shape index (κ1) is 26.4. The van der Waals surface area contributed by atoms with Crippen LogP contribution >= 0.6 is 0 Å². The van der Waals surface area contributed by atoms with Crippen molar-refractivity contribution in [3.63, 3.8) is 0 Å². The number of anilines is 1. The monoisotopic (exact) mass is 519 g/mol. The van der Waals surface area contributed by atoms with Crippen molar-refractivity contribution in [1.82, 2.24) is 39.7 Å². The first-order valence-corrected chi connectivity index (χ1v) is 12.3. The van der Waals surface area contributed by atoms with E-state index < -0.39 is 5.97 Å². The van der Waals surface area contributed by atoms with Crippen molar-refractivity contribution in [2.75, 3.05) is 12.3 Å². The second-order valence-corrected chi connectivity index (χ2v) is 8.84. The number of aromatic carboxylic acids is 1. The molecule has 13 nitrogen and oxygen atoms in total. The molecule has 13 heteroatoms.